The molecule has 2 aromatic rings. The summed E-state index contributed by atoms with van der Waals surface area (Å²) < 4.78 is 16.3. The van der Waals surface area contributed by atoms with Crippen molar-refractivity contribution in [3.63, 3.8) is 0 Å². The largest absolute Gasteiger partial charge is 0.457 e. The van der Waals surface area contributed by atoms with Crippen molar-refractivity contribution >= 4 is 0 Å². The van der Waals surface area contributed by atoms with Gasteiger partial charge in [-0.05, 0) is 36.8 Å². The summed E-state index contributed by atoms with van der Waals surface area (Å²) in [5, 5.41) is 0. The first-order valence-electron chi connectivity index (χ1n) is 6.15. The Bertz CT molecular complexity index is 578. The van der Waals surface area contributed by atoms with E-state index in [0.717, 1.165) is 22.8 Å². The van der Waals surface area contributed by atoms with Crippen LogP contribution in [0, 0.1) is 0 Å². The third-order valence-corrected chi connectivity index (χ3v) is 2.99. The molecule has 0 aliphatic carbocycles. The van der Waals surface area contributed by atoms with Gasteiger partial charge in [-0.2, -0.15) is 0 Å². The number of fused-ring (bicyclic) bond motifs is 1. The van der Waals surface area contributed by atoms with Crippen LogP contribution in [0.1, 0.15) is 18.5 Å². The number of nitrogens with two attached hydrogens (primary N) is 1. The van der Waals surface area contributed by atoms with Crippen molar-refractivity contribution in [2.75, 3.05) is 6.79 Å². The van der Waals surface area contributed by atoms with Crippen LogP contribution in [0.2, 0.25) is 0 Å². The third-order valence-electron chi connectivity index (χ3n) is 2.99. The van der Waals surface area contributed by atoms with Gasteiger partial charge >= 0.3 is 0 Å². The van der Waals surface area contributed by atoms with Crippen molar-refractivity contribution in [3.05, 3.63) is 48.0 Å². The lowest BCUT2D eigenvalue weighted by Gasteiger charge is -2.09. The SMILES string of the molecule is C[C@H](N)c1ccc(Oc2ccc3c(c2)OCO3)cc1. The smallest absolute Gasteiger partial charge is 0.231 e. The Labute approximate surface area is 111 Å². The minimum atomic E-state index is 0.0274. The Morgan fingerprint density at radius 2 is 1.68 bits per heavy atom. The second kappa shape index (κ2) is 4.82. The Balaban J connectivity index is 1.77. The van der Waals surface area contributed by atoms with Crippen LogP contribution in [-0.4, -0.2) is 6.79 Å². The van der Waals surface area contributed by atoms with Gasteiger partial charge < -0.3 is 19.9 Å². The van der Waals surface area contributed by atoms with Crippen molar-refractivity contribution in [2.45, 2.75) is 13.0 Å². The zero-order valence-corrected chi connectivity index (χ0v) is 10.6. The van der Waals surface area contributed by atoms with Crippen LogP contribution >= 0.6 is 0 Å². The van der Waals surface area contributed by atoms with Crippen molar-refractivity contribution < 1.29 is 14.2 Å². The predicted octanol–water partition coefficient (Wildman–Crippen LogP) is 3.23. The molecule has 0 amide bonds. The van der Waals surface area contributed by atoms with Crippen molar-refractivity contribution in [1.29, 1.82) is 0 Å². The second-order valence-electron chi connectivity index (χ2n) is 4.47. The van der Waals surface area contributed by atoms with E-state index in [-0.39, 0.29) is 12.8 Å². The third kappa shape index (κ3) is 2.48. The molecule has 0 saturated carbocycles. The molecular formula is C15H15NO3. The van der Waals surface area contributed by atoms with Gasteiger partial charge in [0, 0.05) is 12.1 Å². The maximum atomic E-state index is 5.81. The molecule has 98 valence electrons. The van der Waals surface area contributed by atoms with E-state index in [2.05, 4.69) is 0 Å². The van der Waals surface area contributed by atoms with Crippen molar-refractivity contribution in [3.8, 4) is 23.0 Å². The molecule has 19 heavy (non-hydrogen) atoms. The fourth-order valence-corrected chi connectivity index (χ4v) is 1.92. The highest BCUT2D eigenvalue weighted by atomic mass is 16.7. The van der Waals surface area contributed by atoms with Crippen LogP contribution in [0.25, 0.3) is 0 Å². The van der Waals surface area contributed by atoms with Crippen LogP contribution in [0.3, 0.4) is 0 Å². The summed E-state index contributed by atoms with van der Waals surface area (Å²) in [6.07, 6.45) is 0. The first kappa shape index (κ1) is 11.9. The van der Waals surface area contributed by atoms with Gasteiger partial charge in [0.25, 0.3) is 0 Å². The predicted molar refractivity (Wildman–Crippen MR) is 71.7 cm³/mol. The highest BCUT2D eigenvalue weighted by Gasteiger charge is 2.13. The summed E-state index contributed by atoms with van der Waals surface area (Å²) in [5.41, 5.74) is 6.89. The molecule has 3 rings (SSSR count). The monoisotopic (exact) mass is 257 g/mol. The second-order valence-corrected chi connectivity index (χ2v) is 4.47. The molecule has 4 nitrogen and oxygen atoms in total. The van der Waals surface area contributed by atoms with Gasteiger partial charge in [-0.1, -0.05) is 12.1 Å². The molecule has 0 radical (unpaired) electrons. The first-order chi connectivity index (χ1) is 9.22. The summed E-state index contributed by atoms with van der Waals surface area (Å²) in [5.74, 6) is 2.95. The van der Waals surface area contributed by atoms with Gasteiger partial charge in [0.1, 0.15) is 11.5 Å². The quantitative estimate of drug-likeness (QED) is 0.917. The molecule has 1 aliphatic heterocycles. The normalized spacial score (nSPS) is 14.2. The van der Waals surface area contributed by atoms with Crippen LogP contribution in [0.5, 0.6) is 23.0 Å². The van der Waals surface area contributed by atoms with Crippen LogP contribution in [0.4, 0.5) is 0 Å². The molecule has 0 unspecified atom stereocenters. The number of benzene rings is 2. The van der Waals surface area contributed by atoms with Gasteiger partial charge in [0.05, 0.1) is 0 Å². The Morgan fingerprint density at radius 3 is 2.42 bits per heavy atom. The van der Waals surface area contributed by atoms with E-state index in [1.807, 2.05) is 49.4 Å². The van der Waals surface area contributed by atoms with Gasteiger partial charge in [-0.3, -0.25) is 0 Å². The zero-order chi connectivity index (χ0) is 13.2. The molecule has 0 saturated heterocycles. The molecule has 0 bridgehead atoms. The maximum Gasteiger partial charge on any atom is 0.231 e. The standard InChI is InChI=1S/C15H15NO3/c1-10(16)11-2-4-12(5-3-11)19-13-6-7-14-15(8-13)18-9-17-14/h2-8,10H,9,16H2,1H3/t10-/m0/s1. The molecule has 0 spiro atoms. The number of hydrogen-bond acceptors (Lipinski definition) is 4. The molecule has 1 atom stereocenters. The number of rotatable bonds is 3. The zero-order valence-electron chi connectivity index (χ0n) is 10.6. The molecule has 2 N–H and O–H groups in total. The summed E-state index contributed by atoms with van der Waals surface area (Å²) in [7, 11) is 0. The summed E-state index contributed by atoms with van der Waals surface area (Å²) >= 11 is 0. The Kier molecular flexibility index (Phi) is 3.01. The summed E-state index contributed by atoms with van der Waals surface area (Å²) in [6.45, 7) is 2.22. The van der Waals surface area contributed by atoms with Crippen LogP contribution in [0.15, 0.2) is 42.5 Å². The van der Waals surface area contributed by atoms with E-state index in [1.165, 1.54) is 0 Å². The first-order valence-corrected chi connectivity index (χ1v) is 6.15. The molecule has 4 heteroatoms. The minimum absolute atomic E-state index is 0.0274. The lowest BCUT2D eigenvalue weighted by molar-refractivity contribution is 0.174. The fraction of sp³-hybridized carbons (Fsp3) is 0.200. The summed E-state index contributed by atoms with van der Waals surface area (Å²) in [4.78, 5) is 0. The van der Waals surface area contributed by atoms with Gasteiger partial charge in [-0.15, -0.1) is 0 Å². The molecule has 0 fully saturated rings. The van der Waals surface area contributed by atoms with Gasteiger partial charge in [0.15, 0.2) is 11.5 Å². The Hall–Kier alpha value is -2.20. The lowest BCUT2D eigenvalue weighted by Crippen LogP contribution is -2.04. The van der Waals surface area contributed by atoms with E-state index in [1.54, 1.807) is 0 Å². The van der Waals surface area contributed by atoms with Crippen LogP contribution < -0.4 is 19.9 Å². The average Bonchev–Trinajstić information content (AvgIpc) is 2.87. The van der Waals surface area contributed by atoms with Gasteiger partial charge in [0.2, 0.25) is 6.79 Å². The minimum Gasteiger partial charge on any atom is -0.457 e. The van der Waals surface area contributed by atoms with E-state index in [0.29, 0.717) is 5.75 Å². The van der Waals surface area contributed by atoms with Crippen LogP contribution in [-0.2, 0) is 0 Å². The van der Waals surface area contributed by atoms with Gasteiger partial charge in [-0.25, -0.2) is 0 Å². The number of ether oxygens (including phenoxy) is 3. The molecule has 1 aliphatic rings. The van der Waals surface area contributed by atoms with E-state index in [4.69, 9.17) is 19.9 Å². The van der Waals surface area contributed by atoms with E-state index >= 15 is 0 Å². The molecule has 1 heterocycles. The fourth-order valence-electron chi connectivity index (χ4n) is 1.92. The lowest BCUT2D eigenvalue weighted by atomic mass is 10.1. The van der Waals surface area contributed by atoms with Crippen molar-refractivity contribution in [2.24, 2.45) is 5.73 Å². The maximum absolute atomic E-state index is 5.81. The molecular weight excluding hydrogens is 242 g/mol. The number of hydrogen-bond donors (Lipinski definition) is 1. The average molecular weight is 257 g/mol. The van der Waals surface area contributed by atoms with Crippen molar-refractivity contribution in [1.82, 2.24) is 0 Å². The molecule has 0 aromatic heterocycles. The topological polar surface area (TPSA) is 53.7 Å². The van der Waals surface area contributed by atoms with E-state index < -0.39 is 0 Å². The highest BCUT2D eigenvalue weighted by molar-refractivity contribution is 5.48. The Morgan fingerprint density at radius 1 is 1.00 bits per heavy atom. The highest BCUT2D eigenvalue weighted by Crippen LogP contribution is 2.36. The molecule has 2 aromatic carbocycles. The summed E-state index contributed by atoms with van der Waals surface area (Å²) in [6, 6.07) is 13.3. The van der Waals surface area contributed by atoms with E-state index in [9.17, 15) is 0 Å².